The molecule has 5 heteroatoms. The van der Waals surface area contributed by atoms with Crippen LogP contribution in [0.1, 0.15) is 87.9 Å². The number of aryl methyl sites for hydroxylation is 1. The van der Waals surface area contributed by atoms with E-state index in [-0.39, 0.29) is 6.61 Å². The molecule has 0 saturated carbocycles. The predicted octanol–water partition coefficient (Wildman–Crippen LogP) is 3.96. The number of nitrogens with two attached hydrogens (primary N) is 1. The van der Waals surface area contributed by atoms with E-state index in [0.717, 1.165) is 18.5 Å². The highest BCUT2D eigenvalue weighted by Crippen LogP contribution is 2.21. The van der Waals surface area contributed by atoms with Gasteiger partial charge < -0.3 is 15.9 Å². The van der Waals surface area contributed by atoms with Gasteiger partial charge in [0.1, 0.15) is 11.1 Å². The zero-order valence-corrected chi connectivity index (χ0v) is 15.4. The highest BCUT2D eigenvalue weighted by molar-refractivity contribution is 7.09. The number of nitrogens with zero attached hydrogens (tertiary/aromatic N) is 1. The molecule has 0 amide bonds. The van der Waals surface area contributed by atoms with E-state index in [1.807, 2.05) is 5.38 Å². The van der Waals surface area contributed by atoms with Gasteiger partial charge in [-0.1, -0.05) is 64.7 Å². The molecule has 1 heterocycles. The molecule has 4 nitrogen and oxygen atoms in total. The third-order valence-electron chi connectivity index (χ3n) is 4.23. The summed E-state index contributed by atoms with van der Waals surface area (Å²) < 4.78 is 0. The van der Waals surface area contributed by atoms with Crippen LogP contribution in [0.3, 0.4) is 0 Å². The lowest BCUT2D eigenvalue weighted by molar-refractivity contribution is 0.109. The third-order valence-corrected chi connectivity index (χ3v) is 5.19. The molecule has 1 aromatic heterocycles. The summed E-state index contributed by atoms with van der Waals surface area (Å²) in [5.41, 5.74) is 6.67. The minimum absolute atomic E-state index is 0.228. The van der Waals surface area contributed by atoms with Crippen molar-refractivity contribution < 1.29 is 10.2 Å². The van der Waals surface area contributed by atoms with Crippen LogP contribution in [-0.4, -0.2) is 27.8 Å². The number of unbranched alkanes of at least 4 members (excludes halogenated alkanes) is 9. The molecule has 0 aliphatic heterocycles. The van der Waals surface area contributed by atoms with E-state index in [0.29, 0.717) is 5.01 Å². The Bertz CT molecular complexity index is 398. The van der Waals surface area contributed by atoms with Crippen LogP contribution in [0.25, 0.3) is 0 Å². The van der Waals surface area contributed by atoms with E-state index in [2.05, 4.69) is 11.9 Å². The molecular formula is C18H34N2O2S. The van der Waals surface area contributed by atoms with Gasteiger partial charge in [-0.15, -0.1) is 11.3 Å². The Hall–Kier alpha value is -0.490. The van der Waals surface area contributed by atoms with E-state index in [1.165, 1.54) is 69.1 Å². The van der Waals surface area contributed by atoms with Crippen molar-refractivity contribution in [2.75, 3.05) is 6.61 Å². The largest absolute Gasteiger partial charge is 0.395 e. The first-order chi connectivity index (χ1) is 11.2. The Kier molecular flexibility index (Phi) is 11.5. The van der Waals surface area contributed by atoms with E-state index in [4.69, 9.17) is 10.8 Å². The smallest absolute Gasteiger partial charge is 0.123 e. The van der Waals surface area contributed by atoms with Crippen LogP contribution in [0.5, 0.6) is 0 Å². The molecule has 1 aromatic rings. The summed E-state index contributed by atoms with van der Waals surface area (Å²) in [6.45, 7) is 2.03. The summed E-state index contributed by atoms with van der Waals surface area (Å²) in [5, 5.41) is 21.5. The molecular weight excluding hydrogens is 308 g/mol. The van der Waals surface area contributed by atoms with Crippen LogP contribution in [0, 0.1) is 0 Å². The quantitative estimate of drug-likeness (QED) is 0.447. The zero-order valence-electron chi connectivity index (χ0n) is 14.5. The molecule has 2 unspecified atom stereocenters. The lowest BCUT2D eigenvalue weighted by Crippen LogP contribution is -2.31. The molecule has 0 bridgehead atoms. The lowest BCUT2D eigenvalue weighted by Gasteiger charge is -2.13. The highest BCUT2D eigenvalue weighted by atomic mass is 32.1. The van der Waals surface area contributed by atoms with Gasteiger partial charge in [0.2, 0.25) is 0 Å². The van der Waals surface area contributed by atoms with Crippen molar-refractivity contribution in [1.29, 1.82) is 0 Å². The highest BCUT2D eigenvalue weighted by Gasteiger charge is 2.19. The number of aliphatic hydroxyl groups excluding tert-OH is 2. The fourth-order valence-electron chi connectivity index (χ4n) is 2.65. The topological polar surface area (TPSA) is 79.4 Å². The maximum atomic E-state index is 9.91. The molecule has 0 spiro atoms. The van der Waals surface area contributed by atoms with Gasteiger partial charge in [-0.2, -0.15) is 0 Å². The molecule has 0 saturated heterocycles. The van der Waals surface area contributed by atoms with Gasteiger partial charge in [0.15, 0.2) is 0 Å². The minimum atomic E-state index is -0.855. The summed E-state index contributed by atoms with van der Waals surface area (Å²) in [6, 6.07) is -0.647. The van der Waals surface area contributed by atoms with Crippen molar-refractivity contribution in [1.82, 2.24) is 4.98 Å². The standard InChI is InChI=1S/C18H34N2O2S/c1-2-3-4-5-6-7-8-9-10-11-12-15-14-23-18(20-15)17(22)16(19)13-21/h14,16-17,21-22H,2-13,19H2,1H3. The van der Waals surface area contributed by atoms with Crippen molar-refractivity contribution in [3.63, 3.8) is 0 Å². The molecule has 0 aliphatic carbocycles. The Morgan fingerprint density at radius 1 is 1.04 bits per heavy atom. The van der Waals surface area contributed by atoms with Gasteiger partial charge in [0.05, 0.1) is 18.3 Å². The van der Waals surface area contributed by atoms with Gasteiger partial charge >= 0.3 is 0 Å². The predicted molar refractivity (Wildman–Crippen MR) is 97.7 cm³/mol. The average Bonchev–Trinajstić information content (AvgIpc) is 3.04. The summed E-state index contributed by atoms with van der Waals surface area (Å²) in [7, 11) is 0. The zero-order chi connectivity index (χ0) is 16.9. The Morgan fingerprint density at radius 3 is 2.17 bits per heavy atom. The van der Waals surface area contributed by atoms with Crippen molar-refractivity contribution in [3.8, 4) is 0 Å². The van der Waals surface area contributed by atoms with E-state index in [9.17, 15) is 5.11 Å². The maximum Gasteiger partial charge on any atom is 0.123 e. The fraction of sp³-hybridized carbons (Fsp3) is 0.833. The van der Waals surface area contributed by atoms with Crippen molar-refractivity contribution in [3.05, 3.63) is 16.1 Å². The van der Waals surface area contributed by atoms with Gasteiger partial charge in [-0.25, -0.2) is 4.98 Å². The second-order valence-electron chi connectivity index (χ2n) is 6.40. The number of aromatic nitrogens is 1. The number of hydrogen-bond acceptors (Lipinski definition) is 5. The fourth-order valence-corrected chi connectivity index (χ4v) is 3.56. The number of thiazole rings is 1. The average molecular weight is 343 g/mol. The third kappa shape index (κ3) is 8.80. The normalized spacial score (nSPS) is 14.1. The van der Waals surface area contributed by atoms with E-state index in [1.54, 1.807) is 0 Å². The van der Waals surface area contributed by atoms with Gasteiger partial charge in [-0.3, -0.25) is 0 Å². The first-order valence-electron chi connectivity index (χ1n) is 9.17. The number of rotatable bonds is 14. The van der Waals surface area contributed by atoms with E-state index < -0.39 is 12.1 Å². The van der Waals surface area contributed by atoms with Gasteiger partial charge in [-0.05, 0) is 12.8 Å². The van der Waals surface area contributed by atoms with Crippen LogP contribution in [0.15, 0.2) is 5.38 Å². The Morgan fingerprint density at radius 2 is 1.61 bits per heavy atom. The molecule has 1 rings (SSSR count). The Balaban J connectivity index is 2.05. The van der Waals surface area contributed by atoms with Gasteiger partial charge in [0, 0.05) is 5.38 Å². The SMILES string of the molecule is CCCCCCCCCCCCc1csc(C(O)C(N)CO)n1. The summed E-state index contributed by atoms with van der Waals surface area (Å²) in [4.78, 5) is 4.43. The summed E-state index contributed by atoms with van der Waals surface area (Å²) >= 11 is 1.43. The van der Waals surface area contributed by atoms with Crippen LogP contribution < -0.4 is 5.73 Å². The molecule has 0 radical (unpaired) electrons. The summed E-state index contributed by atoms with van der Waals surface area (Å²) in [6.07, 6.45) is 13.4. The maximum absolute atomic E-state index is 9.91. The van der Waals surface area contributed by atoms with E-state index >= 15 is 0 Å². The number of aliphatic hydroxyl groups is 2. The first-order valence-corrected chi connectivity index (χ1v) is 10.1. The second kappa shape index (κ2) is 12.9. The lowest BCUT2D eigenvalue weighted by atomic mass is 10.1. The molecule has 0 aromatic carbocycles. The second-order valence-corrected chi connectivity index (χ2v) is 7.29. The van der Waals surface area contributed by atoms with Crippen LogP contribution in [-0.2, 0) is 6.42 Å². The molecule has 23 heavy (non-hydrogen) atoms. The molecule has 0 aliphatic rings. The van der Waals surface area contributed by atoms with Crippen molar-refractivity contribution in [2.24, 2.45) is 5.73 Å². The first kappa shape index (κ1) is 20.6. The van der Waals surface area contributed by atoms with Crippen molar-refractivity contribution in [2.45, 2.75) is 89.7 Å². The number of hydrogen-bond donors (Lipinski definition) is 3. The monoisotopic (exact) mass is 342 g/mol. The van der Waals surface area contributed by atoms with Crippen LogP contribution in [0.2, 0.25) is 0 Å². The molecule has 0 fully saturated rings. The molecule has 2 atom stereocenters. The molecule has 4 N–H and O–H groups in total. The minimum Gasteiger partial charge on any atom is -0.395 e. The Labute approximate surface area is 145 Å². The van der Waals surface area contributed by atoms with Crippen molar-refractivity contribution >= 4 is 11.3 Å². The van der Waals surface area contributed by atoms with Gasteiger partial charge in [0.25, 0.3) is 0 Å². The van der Waals surface area contributed by atoms with Crippen LogP contribution in [0.4, 0.5) is 0 Å². The van der Waals surface area contributed by atoms with Crippen LogP contribution >= 0.6 is 11.3 Å². The summed E-state index contributed by atoms with van der Waals surface area (Å²) in [5.74, 6) is 0. The molecule has 134 valence electrons.